The van der Waals surface area contributed by atoms with Crippen LogP contribution in [0.3, 0.4) is 0 Å². The molecular formula is C30H49NO3. The van der Waals surface area contributed by atoms with E-state index in [2.05, 4.69) is 53.8 Å². The molecule has 0 spiro atoms. The van der Waals surface area contributed by atoms with Gasteiger partial charge in [-0.3, -0.25) is 0 Å². The average Bonchev–Trinajstić information content (AvgIpc) is 3.07. The molecule has 0 aromatic carbocycles. The van der Waals surface area contributed by atoms with Crippen LogP contribution < -0.4 is 0 Å². The molecule has 0 unspecified atom stereocenters. The Morgan fingerprint density at radius 3 is 2.24 bits per heavy atom. The van der Waals surface area contributed by atoms with E-state index in [4.69, 9.17) is 9.57 Å². The number of ether oxygens (including phenoxy) is 1. The number of hydrogen-bond donors (Lipinski definition) is 0. The minimum Gasteiger partial charge on any atom is -0.377 e. The molecule has 4 nitrogen and oxygen atoms in total. The summed E-state index contributed by atoms with van der Waals surface area (Å²) in [5, 5.41) is 2.91. The highest BCUT2D eigenvalue weighted by molar-refractivity contribution is 5.21. The lowest BCUT2D eigenvalue weighted by Crippen LogP contribution is -2.67. The van der Waals surface area contributed by atoms with Gasteiger partial charge in [-0.15, -0.1) is 4.91 Å². The quantitative estimate of drug-likeness (QED) is 0.303. The van der Waals surface area contributed by atoms with Gasteiger partial charge in [0.2, 0.25) is 0 Å². The zero-order chi connectivity index (χ0) is 24.4. The van der Waals surface area contributed by atoms with Gasteiger partial charge in [0.05, 0.1) is 12.7 Å². The molecule has 34 heavy (non-hydrogen) atoms. The van der Waals surface area contributed by atoms with Gasteiger partial charge in [0.25, 0.3) is 0 Å². The SMILES string of the molecule is CC1(C)CC[C@]23CC[C@]4(C)[C@H](CC[C@@H]5[C@@]6(C)C[C@H](ON=O)CC(C)(C)[C@@H]6CC[C@]54C)[C@H]2[C@H]1OC3. The van der Waals surface area contributed by atoms with Crippen LogP contribution in [-0.2, 0) is 9.57 Å². The van der Waals surface area contributed by atoms with Crippen molar-refractivity contribution in [3.63, 3.8) is 0 Å². The summed E-state index contributed by atoms with van der Waals surface area (Å²) in [6.07, 6.45) is 13.2. The summed E-state index contributed by atoms with van der Waals surface area (Å²) < 4.78 is 6.71. The van der Waals surface area contributed by atoms with E-state index in [9.17, 15) is 4.91 Å². The molecule has 1 saturated heterocycles. The van der Waals surface area contributed by atoms with Crippen molar-refractivity contribution in [1.82, 2.24) is 0 Å². The van der Waals surface area contributed by atoms with Crippen LogP contribution in [0.25, 0.3) is 0 Å². The monoisotopic (exact) mass is 471 g/mol. The predicted octanol–water partition coefficient (Wildman–Crippen LogP) is 7.94. The van der Waals surface area contributed by atoms with Gasteiger partial charge in [-0.2, -0.15) is 0 Å². The summed E-state index contributed by atoms with van der Waals surface area (Å²) in [5.74, 6) is 2.93. The Morgan fingerprint density at radius 1 is 0.765 bits per heavy atom. The van der Waals surface area contributed by atoms with E-state index in [1.165, 1.54) is 51.4 Å². The third-order valence-electron chi connectivity index (χ3n) is 14.0. The van der Waals surface area contributed by atoms with Crippen molar-refractivity contribution in [3.05, 3.63) is 4.91 Å². The van der Waals surface area contributed by atoms with Gasteiger partial charge in [-0.05, 0) is 120 Å². The first-order chi connectivity index (χ1) is 15.8. The molecule has 6 aliphatic rings. The van der Waals surface area contributed by atoms with E-state index < -0.39 is 0 Å². The Labute approximate surface area is 207 Å². The highest BCUT2D eigenvalue weighted by Gasteiger charge is 2.72. The van der Waals surface area contributed by atoms with E-state index in [1.807, 2.05) is 0 Å². The zero-order valence-corrected chi connectivity index (χ0v) is 22.9. The molecule has 1 aliphatic heterocycles. The van der Waals surface area contributed by atoms with Crippen LogP contribution >= 0.6 is 0 Å². The molecule has 5 aliphatic carbocycles. The maximum absolute atomic E-state index is 11.1. The van der Waals surface area contributed by atoms with Gasteiger partial charge < -0.3 is 9.57 Å². The fourth-order valence-corrected chi connectivity index (χ4v) is 12.3. The van der Waals surface area contributed by atoms with Crippen molar-refractivity contribution in [3.8, 4) is 0 Å². The molecule has 192 valence electrons. The van der Waals surface area contributed by atoms with E-state index in [0.717, 1.165) is 31.3 Å². The van der Waals surface area contributed by atoms with Crippen molar-refractivity contribution < 1.29 is 9.57 Å². The van der Waals surface area contributed by atoms with Crippen LogP contribution in [0.15, 0.2) is 5.34 Å². The maximum Gasteiger partial charge on any atom is 0.155 e. The molecule has 6 rings (SSSR count). The van der Waals surface area contributed by atoms with E-state index >= 15 is 0 Å². The second-order valence-electron chi connectivity index (χ2n) is 16.0. The highest BCUT2D eigenvalue weighted by Crippen LogP contribution is 2.78. The smallest absolute Gasteiger partial charge is 0.155 e. The van der Waals surface area contributed by atoms with Gasteiger partial charge in [-0.1, -0.05) is 48.5 Å². The van der Waals surface area contributed by atoms with Crippen molar-refractivity contribution in [2.75, 3.05) is 6.61 Å². The lowest BCUT2D eigenvalue weighted by molar-refractivity contribution is -0.252. The number of rotatable bonds is 2. The Morgan fingerprint density at radius 2 is 1.50 bits per heavy atom. The van der Waals surface area contributed by atoms with Gasteiger partial charge in [0.15, 0.2) is 5.34 Å². The Balaban J connectivity index is 1.39. The fourth-order valence-electron chi connectivity index (χ4n) is 12.3. The summed E-state index contributed by atoms with van der Waals surface area (Å²) in [6, 6.07) is 0. The van der Waals surface area contributed by atoms with Crippen LogP contribution in [0.1, 0.15) is 113 Å². The second-order valence-corrected chi connectivity index (χ2v) is 16.0. The summed E-state index contributed by atoms with van der Waals surface area (Å²) in [5.41, 5.74) is 1.89. The van der Waals surface area contributed by atoms with Crippen LogP contribution in [0.4, 0.5) is 0 Å². The Hall–Kier alpha value is -0.640. The first-order valence-corrected chi connectivity index (χ1v) is 14.4. The Kier molecular flexibility index (Phi) is 4.90. The fraction of sp³-hybridized carbons (Fsp3) is 1.00. The standard InChI is InChI=1S/C30H49NO3/c1-25(2)12-14-30-15-13-28(6)20(23(30)24(25)33-18-30)8-9-22-27(5)17-19(34-31-32)16-26(3,4)21(27)10-11-29(22,28)7/h19-24H,8-18H2,1-7H3/t19-,20-,21+,22-,23+,24-,27+,28-,29-,30-/m1/s1. The second kappa shape index (κ2) is 7.01. The normalized spacial score (nSPS) is 56.9. The van der Waals surface area contributed by atoms with Gasteiger partial charge in [-0.25, -0.2) is 0 Å². The molecule has 0 aromatic rings. The molecule has 6 fully saturated rings. The summed E-state index contributed by atoms with van der Waals surface area (Å²) >= 11 is 0. The molecular weight excluding hydrogens is 422 g/mol. The average molecular weight is 472 g/mol. The van der Waals surface area contributed by atoms with Crippen molar-refractivity contribution in [1.29, 1.82) is 0 Å². The van der Waals surface area contributed by atoms with E-state index in [0.29, 0.717) is 39.6 Å². The predicted molar refractivity (Wildman–Crippen MR) is 135 cm³/mol. The summed E-state index contributed by atoms with van der Waals surface area (Å²) in [6.45, 7) is 18.8. The third-order valence-corrected chi connectivity index (χ3v) is 14.0. The molecule has 5 saturated carbocycles. The van der Waals surface area contributed by atoms with Gasteiger partial charge in [0, 0.05) is 0 Å². The number of nitrogens with zero attached hydrogens (tertiary/aromatic N) is 1. The molecule has 10 atom stereocenters. The minimum atomic E-state index is -0.0281. The lowest BCUT2D eigenvalue weighted by atomic mass is 9.31. The summed E-state index contributed by atoms with van der Waals surface area (Å²) in [7, 11) is 0. The summed E-state index contributed by atoms with van der Waals surface area (Å²) in [4.78, 5) is 16.6. The Bertz CT molecular complexity index is 869. The first-order valence-electron chi connectivity index (χ1n) is 14.4. The maximum atomic E-state index is 11.1. The van der Waals surface area contributed by atoms with Crippen LogP contribution in [0.2, 0.25) is 0 Å². The van der Waals surface area contributed by atoms with Crippen molar-refractivity contribution >= 4 is 0 Å². The largest absolute Gasteiger partial charge is 0.377 e. The van der Waals surface area contributed by atoms with E-state index in [1.54, 1.807) is 0 Å². The molecule has 0 aromatic heterocycles. The third kappa shape index (κ3) is 2.76. The van der Waals surface area contributed by atoms with Crippen LogP contribution in [-0.4, -0.2) is 18.8 Å². The number of fused-ring (bicyclic) bond motifs is 5. The molecule has 0 radical (unpaired) electrons. The molecule has 4 heteroatoms. The van der Waals surface area contributed by atoms with Gasteiger partial charge in [0.1, 0.15) is 6.10 Å². The highest BCUT2D eigenvalue weighted by atomic mass is 16.7. The van der Waals surface area contributed by atoms with Gasteiger partial charge >= 0.3 is 0 Å². The zero-order valence-electron chi connectivity index (χ0n) is 22.9. The van der Waals surface area contributed by atoms with Crippen LogP contribution in [0, 0.1) is 61.1 Å². The number of hydrogen-bond acceptors (Lipinski definition) is 4. The molecule has 0 N–H and O–H groups in total. The van der Waals surface area contributed by atoms with E-state index in [-0.39, 0.29) is 16.9 Å². The first kappa shape index (κ1) is 23.7. The molecule has 2 bridgehead atoms. The topological polar surface area (TPSA) is 47.9 Å². The van der Waals surface area contributed by atoms with Crippen molar-refractivity contribution in [2.45, 2.75) is 125 Å². The molecule has 1 heterocycles. The van der Waals surface area contributed by atoms with Crippen LogP contribution in [0.5, 0.6) is 0 Å². The minimum absolute atomic E-state index is 0.0281. The molecule has 0 amide bonds. The van der Waals surface area contributed by atoms with Crippen molar-refractivity contribution in [2.24, 2.45) is 61.5 Å². The lowest BCUT2D eigenvalue weighted by Gasteiger charge is -2.73.